The van der Waals surface area contributed by atoms with Gasteiger partial charge in [0.05, 0.1) is 5.65 Å². The molecule has 0 amide bonds. The third kappa shape index (κ3) is 2.25. The van der Waals surface area contributed by atoms with E-state index in [1.54, 1.807) is 6.07 Å². The Bertz CT molecular complexity index is 1120. The molecule has 0 aliphatic rings. The Labute approximate surface area is 147 Å². The van der Waals surface area contributed by atoms with Crippen LogP contribution >= 0.6 is 0 Å². The van der Waals surface area contributed by atoms with Gasteiger partial charge >= 0.3 is 0 Å². The number of rotatable bonds is 0. The first-order chi connectivity index (χ1) is 10.6. The number of nitrogens with zero attached hydrogens (tertiary/aromatic N) is 3. The monoisotopic (exact) mass is 477 g/mol. The van der Waals surface area contributed by atoms with E-state index < -0.39 is 0 Å². The molecule has 2 aromatic carbocycles. The number of hydrogen-bond donors (Lipinski definition) is 0. The molecule has 23 heavy (non-hydrogen) atoms. The Morgan fingerprint density at radius 2 is 1.91 bits per heavy atom. The van der Waals surface area contributed by atoms with Crippen LogP contribution in [0.15, 0.2) is 30.5 Å². The molecule has 1 radical (unpaired) electrons. The van der Waals surface area contributed by atoms with Crippen molar-refractivity contribution in [2.75, 3.05) is 0 Å². The maximum atomic E-state index is 9.20. The van der Waals surface area contributed by atoms with Crippen LogP contribution in [0.4, 0.5) is 0 Å². The van der Waals surface area contributed by atoms with E-state index in [0.717, 1.165) is 33.0 Å². The number of aryl methyl sites for hydroxylation is 3. The van der Waals surface area contributed by atoms with Crippen LogP contribution in [0.25, 0.3) is 27.3 Å². The minimum absolute atomic E-state index is 0. The van der Waals surface area contributed by atoms with Gasteiger partial charge in [-0.3, -0.25) is 4.98 Å². The molecule has 0 atom stereocenters. The van der Waals surface area contributed by atoms with Gasteiger partial charge in [0.15, 0.2) is 0 Å². The van der Waals surface area contributed by atoms with Gasteiger partial charge in [-0.2, -0.15) is 0 Å². The molecule has 4 rings (SSSR count). The molecular weight excluding hydrogens is 462 g/mol. The number of pyridine rings is 1. The average molecular weight is 477 g/mol. The molecule has 0 aliphatic heterocycles. The van der Waals surface area contributed by atoms with Crippen molar-refractivity contribution in [1.29, 1.82) is 5.26 Å². The first-order valence-electron chi connectivity index (χ1n) is 7.22. The van der Waals surface area contributed by atoms with Crippen LogP contribution in [0.2, 0.25) is 0 Å². The Balaban J connectivity index is 0.00000156. The fourth-order valence-electron chi connectivity index (χ4n) is 3.29. The van der Waals surface area contributed by atoms with Crippen molar-refractivity contribution in [3.63, 3.8) is 0 Å². The molecule has 115 valence electrons. The average Bonchev–Trinajstić information content (AvgIpc) is 2.87. The van der Waals surface area contributed by atoms with Gasteiger partial charge in [-0.1, -0.05) is 23.1 Å². The molecule has 3 nitrogen and oxygen atoms in total. The number of aromatic nitrogens is 2. The van der Waals surface area contributed by atoms with Gasteiger partial charge in [-0.25, -0.2) is 5.26 Å². The van der Waals surface area contributed by atoms with Crippen LogP contribution in [0.5, 0.6) is 0 Å². The fourth-order valence-corrected chi connectivity index (χ4v) is 3.29. The van der Waals surface area contributed by atoms with Crippen LogP contribution in [0.1, 0.15) is 22.4 Å². The van der Waals surface area contributed by atoms with Crippen molar-refractivity contribution in [2.24, 2.45) is 0 Å². The summed E-state index contributed by atoms with van der Waals surface area (Å²) in [6.45, 7) is 6.21. The van der Waals surface area contributed by atoms with E-state index in [9.17, 15) is 5.26 Å². The summed E-state index contributed by atoms with van der Waals surface area (Å²) in [5.41, 5.74) is 6.08. The van der Waals surface area contributed by atoms with Gasteiger partial charge in [0.1, 0.15) is 0 Å². The first-order valence-corrected chi connectivity index (χ1v) is 7.22. The largest absolute Gasteiger partial charge is 0.340 e. The van der Waals surface area contributed by atoms with Crippen molar-refractivity contribution >= 4 is 27.3 Å². The number of benzene rings is 2. The van der Waals surface area contributed by atoms with Gasteiger partial charge in [-0.05, 0) is 37.3 Å². The van der Waals surface area contributed by atoms with Crippen molar-refractivity contribution in [2.45, 2.75) is 20.8 Å². The summed E-state index contributed by atoms with van der Waals surface area (Å²) in [5.74, 6) is 0. The van der Waals surface area contributed by atoms with Crippen molar-refractivity contribution in [3.8, 4) is 6.07 Å². The molecule has 0 unspecified atom stereocenters. The van der Waals surface area contributed by atoms with Crippen LogP contribution in [0, 0.1) is 38.2 Å². The van der Waals surface area contributed by atoms with E-state index in [2.05, 4.69) is 53.7 Å². The Hall–Kier alpha value is -2.21. The van der Waals surface area contributed by atoms with Crippen molar-refractivity contribution in [1.82, 2.24) is 9.38 Å². The molecule has 0 N–H and O–H groups in total. The van der Waals surface area contributed by atoms with E-state index in [0.29, 0.717) is 5.56 Å². The van der Waals surface area contributed by atoms with Crippen molar-refractivity contribution in [3.05, 3.63) is 58.9 Å². The van der Waals surface area contributed by atoms with E-state index in [1.807, 2.05) is 13.0 Å². The van der Waals surface area contributed by atoms with Gasteiger partial charge in [-0.15, -0.1) is 23.6 Å². The molecular formula is C19H14IrN3-. The normalized spacial score (nSPS) is 10.9. The van der Waals surface area contributed by atoms with Gasteiger partial charge < -0.3 is 4.40 Å². The second-order valence-corrected chi connectivity index (χ2v) is 5.84. The molecule has 4 aromatic rings. The predicted octanol–water partition coefficient (Wildman–Crippen LogP) is 4.24. The van der Waals surface area contributed by atoms with Gasteiger partial charge in [0.25, 0.3) is 0 Å². The summed E-state index contributed by atoms with van der Waals surface area (Å²) in [7, 11) is 0. The minimum atomic E-state index is 0. The Morgan fingerprint density at radius 1 is 1.13 bits per heavy atom. The van der Waals surface area contributed by atoms with Crippen LogP contribution in [0.3, 0.4) is 0 Å². The van der Waals surface area contributed by atoms with E-state index in [4.69, 9.17) is 0 Å². The Morgan fingerprint density at radius 3 is 2.65 bits per heavy atom. The minimum Gasteiger partial charge on any atom is -0.340 e. The molecule has 2 aromatic heterocycles. The number of hydrogen-bond acceptors (Lipinski definition) is 2. The van der Waals surface area contributed by atoms with Gasteiger partial charge in [0.2, 0.25) is 0 Å². The zero-order valence-electron chi connectivity index (χ0n) is 13.1. The standard InChI is InChI=1S/C19H14N3.Ir/c1-11-6-12(2)18-17(7-11)16-8-14(9-20)4-5-15(16)19-21-13(3)10-22(18)19;/h4,6-8,10H,1-3H3;/q-1;. The predicted molar refractivity (Wildman–Crippen MR) is 88.0 cm³/mol. The topological polar surface area (TPSA) is 41.1 Å². The summed E-state index contributed by atoms with van der Waals surface area (Å²) in [6, 6.07) is 13.5. The summed E-state index contributed by atoms with van der Waals surface area (Å²) < 4.78 is 2.14. The zero-order valence-corrected chi connectivity index (χ0v) is 15.5. The second-order valence-electron chi connectivity index (χ2n) is 5.84. The molecule has 0 saturated carbocycles. The number of imidazole rings is 1. The molecule has 4 heteroatoms. The summed E-state index contributed by atoms with van der Waals surface area (Å²) >= 11 is 0. The third-order valence-corrected chi connectivity index (χ3v) is 4.10. The van der Waals surface area contributed by atoms with E-state index in [-0.39, 0.29) is 20.1 Å². The quantitative estimate of drug-likeness (QED) is 0.282. The first kappa shape index (κ1) is 15.7. The maximum Gasteiger partial charge on any atom is 0.0612 e. The van der Waals surface area contributed by atoms with E-state index >= 15 is 0 Å². The third-order valence-electron chi connectivity index (χ3n) is 4.10. The number of nitriles is 1. The molecule has 0 bridgehead atoms. The molecule has 0 saturated heterocycles. The summed E-state index contributed by atoms with van der Waals surface area (Å²) in [6.07, 6.45) is 2.06. The van der Waals surface area contributed by atoms with Crippen LogP contribution in [-0.2, 0) is 20.1 Å². The maximum absolute atomic E-state index is 9.20. The van der Waals surface area contributed by atoms with Crippen LogP contribution in [-0.4, -0.2) is 9.38 Å². The number of fused-ring (bicyclic) bond motifs is 6. The van der Waals surface area contributed by atoms with E-state index in [1.165, 1.54) is 11.1 Å². The second kappa shape index (κ2) is 5.45. The fraction of sp³-hybridized carbons (Fsp3) is 0.158. The molecule has 0 spiro atoms. The molecule has 2 heterocycles. The van der Waals surface area contributed by atoms with Crippen molar-refractivity contribution < 1.29 is 20.1 Å². The van der Waals surface area contributed by atoms with Gasteiger partial charge in [0, 0.05) is 43.6 Å². The summed E-state index contributed by atoms with van der Waals surface area (Å²) in [4.78, 5) is 4.66. The SMILES string of the molecule is Cc1cc(C)c2c(c1)c1cc(C#N)c[c-]c1c1nc(C)cn12.[Ir]. The molecule has 0 fully saturated rings. The smallest absolute Gasteiger partial charge is 0.0612 e. The van der Waals surface area contributed by atoms with Crippen LogP contribution < -0.4 is 0 Å². The summed E-state index contributed by atoms with van der Waals surface area (Å²) in [5, 5.41) is 12.4. The zero-order chi connectivity index (χ0) is 15.4. The molecule has 0 aliphatic carbocycles. The Kier molecular flexibility index (Phi) is 3.72.